The number of carbonyl (C=O) groups is 1. The summed E-state index contributed by atoms with van der Waals surface area (Å²) in [5.74, 6) is 1.00. The fraction of sp³-hybridized carbons (Fsp3) is 0.786. The molecule has 22 heavy (non-hydrogen) atoms. The van der Waals surface area contributed by atoms with Gasteiger partial charge in [0.25, 0.3) is 0 Å². The minimum atomic E-state index is -3.38. The summed E-state index contributed by atoms with van der Waals surface area (Å²) >= 11 is 0. The van der Waals surface area contributed by atoms with E-state index in [9.17, 15) is 13.2 Å². The Bertz CT molecular complexity index is 638. The summed E-state index contributed by atoms with van der Waals surface area (Å²) in [5.41, 5.74) is 0. The van der Waals surface area contributed by atoms with Gasteiger partial charge in [-0.2, -0.15) is 4.98 Å². The lowest BCUT2D eigenvalue weighted by atomic mass is 9.97. The molecule has 1 aliphatic rings. The summed E-state index contributed by atoms with van der Waals surface area (Å²) in [5, 5.41) is 2.99. The number of amides is 1. The first-order valence-electron chi connectivity index (χ1n) is 7.51. The molecule has 7 nitrogen and oxygen atoms in total. The number of carbonyl (C=O) groups excluding carboxylic acids is 1. The molecule has 1 aliphatic heterocycles. The van der Waals surface area contributed by atoms with Crippen LogP contribution in [0.5, 0.6) is 0 Å². The number of hydrogen-bond acceptors (Lipinski definition) is 6. The van der Waals surface area contributed by atoms with E-state index in [0.717, 1.165) is 19.1 Å². The second-order valence-corrected chi connectivity index (χ2v) is 8.61. The molecule has 0 aliphatic carbocycles. The predicted molar refractivity (Wildman–Crippen MR) is 81.2 cm³/mol. The van der Waals surface area contributed by atoms with Crippen LogP contribution in [0.15, 0.2) is 4.52 Å². The Morgan fingerprint density at radius 3 is 2.59 bits per heavy atom. The zero-order valence-corrected chi connectivity index (χ0v) is 14.3. The van der Waals surface area contributed by atoms with Crippen LogP contribution in [0, 0.1) is 0 Å². The van der Waals surface area contributed by atoms with Crippen LogP contribution in [-0.2, 0) is 14.6 Å². The van der Waals surface area contributed by atoms with Gasteiger partial charge in [-0.1, -0.05) is 19.0 Å². The van der Waals surface area contributed by atoms with Crippen LogP contribution in [0.3, 0.4) is 0 Å². The number of nitrogens with zero attached hydrogens (tertiary/aromatic N) is 3. The highest BCUT2D eigenvalue weighted by atomic mass is 32.2. The second kappa shape index (κ2) is 6.36. The Morgan fingerprint density at radius 1 is 1.36 bits per heavy atom. The van der Waals surface area contributed by atoms with Gasteiger partial charge in [0.2, 0.25) is 11.8 Å². The van der Waals surface area contributed by atoms with Gasteiger partial charge in [-0.15, -0.1) is 0 Å². The highest BCUT2D eigenvalue weighted by Crippen LogP contribution is 2.26. The van der Waals surface area contributed by atoms with Crippen molar-refractivity contribution in [2.45, 2.75) is 50.7 Å². The molecule has 1 fully saturated rings. The van der Waals surface area contributed by atoms with E-state index in [-0.39, 0.29) is 17.7 Å². The van der Waals surface area contributed by atoms with Gasteiger partial charge < -0.3 is 9.42 Å². The lowest BCUT2D eigenvalue weighted by Gasteiger charge is -2.32. The maximum Gasteiger partial charge on any atom is 0.240 e. The van der Waals surface area contributed by atoms with Gasteiger partial charge in [-0.3, -0.25) is 4.79 Å². The topological polar surface area (TPSA) is 93.4 Å². The van der Waals surface area contributed by atoms with Crippen LogP contribution >= 0.6 is 0 Å². The summed E-state index contributed by atoms with van der Waals surface area (Å²) in [6.07, 6.45) is 2.76. The standard InChI is InChI=1S/C14H23N3O4S/c1-9(2)13-15-12(16-21-13)11-6-5-7-17(8-11)14(18)10(3)22(4,19)20/h9-11H,5-8H2,1-4H3. The third-order valence-electron chi connectivity index (χ3n) is 4.04. The van der Waals surface area contributed by atoms with E-state index in [2.05, 4.69) is 10.1 Å². The smallest absolute Gasteiger partial charge is 0.240 e. The molecule has 124 valence electrons. The Balaban J connectivity index is 2.10. The van der Waals surface area contributed by atoms with Crippen molar-refractivity contribution >= 4 is 15.7 Å². The summed E-state index contributed by atoms with van der Waals surface area (Å²) < 4.78 is 28.3. The number of piperidine rings is 1. The van der Waals surface area contributed by atoms with Crippen molar-refractivity contribution in [1.29, 1.82) is 0 Å². The molecule has 0 N–H and O–H groups in total. The summed E-state index contributed by atoms with van der Waals surface area (Å²) in [7, 11) is -3.38. The molecule has 1 aromatic rings. The summed E-state index contributed by atoms with van der Waals surface area (Å²) in [6, 6.07) is 0. The van der Waals surface area contributed by atoms with Gasteiger partial charge in [0.15, 0.2) is 15.7 Å². The lowest BCUT2D eigenvalue weighted by molar-refractivity contribution is -0.131. The van der Waals surface area contributed by atoms with Crippen LogP contribution in [-0.4, -0.2) is 54.0 Å². The quantitative estimate of drug-likeness (QED) is 0.827. The van der Waals surface area contributed by atoms with E-state index < -0.39 is 15.1 Å². The van der Waals surface area contributed by atoms with Crippen molar-refractivity contribution in [3.63, 3.8) is 0 Å². The van der Waals surface area contributed by atoms with Crippen molar-refractivity contribution in [2.24, 2.45) is 0 Å². The molecule has 1 amide bonds. The summed E-state index contributed by atoms with van der Waals surface area (Å²) in [6.45, 7) is 6.40. The Hall–Kier alpha value is -1.44. The number of aromatic nitrogens is 2. The van der Waals surface area contributed by atoms with E-state index in [1.54, 1.807) is 4.90 Å². The van der Waals surface area contributed by atoms with Crippen molar-refractivity contribution < 1.29 is 17.7 Å². The van der Waals surface area contributed by atoms with Gasteiger partial charge >= 0.3 is 0 Å². The summed E-state index contributed by atoms with van der Waals surface area (Å²) in [4.78, 5) is 18.3. The van der Waals surface area contributed by atoms with Gasteiger partial charge in [0, 0.05) is 31.2 Å². The molecule has 2 unspecified atom stereocenters. The van der Waals surface area contributed by atoms with Crippen molar-refractivity contribution in [2.75, 3.05) is 19.3 Å². The molecule has 2 rings (SSSR count). The number of hydrogen-bond donors (Lipinski definition) is 0. The van der Waals surface area contributed by atoms with E-state index in [1.165, 1.54) is 6.92 Å². The number of sulfone groups is 1. The van der Waals surface area contributed by atoms with Gasteiger partial charge in [-0.05, 0) is 19.8 Å². The average Bonchev–Trinajstić information content (AvgIpc) is 2.95. The third kappa shape index (κ3) is 3.66. The zero-order valence-electron chi connectivity index (χ0n) is 13.4. The van der Waals surface area contributed by atoms with Gasteiger partial charge in [0.05, 0.1) is 0 Å². The van der Waals surface area contributed by atoms with Crippen LogP contribution in [0.25, 0.3) is 0 Å². The molecule has 0 radical (unpaired) electrons. The minimum absolute atomic E-state index is 0.000658. The molecule has 1 aromatic heterocycles. The minimum Gasteiger partial charge on any atom is -0.341 e. The lowest BCUT2D eigenvalue weighted by Crippen LogP contribution is -2.45. The normalized spacial score (nSPS) is 21.1. The maximum atomic E-state index is 12.3. The Morgan fingerprint density at radius 2 is 2.05 bits per heavy atom. The fourth-order valence-corrected chi connectivity index (χ4v) is 2.99. The van der Waals surface area contributed by atoms with Gasteiger partial charge in [-0.25, -0.2) is 8.42 Å². The van der Waals surface area contributed by atoms with Crippen LogP contribution in [0.1, 0.15) is 57.2 Å². The third-order valence-corrected chi connectivity index (χ3v) is 5.53. The first-order valence-corrected chi connectivity index (χ1v) is 9.46. The van der Waals surface area contributed by atoms with Crippen molar-refractivity contribution in [3.8, 4) is 0 Å². The highest BCUT2D eigenvalue weighted by molar-refractivity contribution is 7.92. The molecule has 0 aromatic carbocycles. The first-order chi connectivity index (χ1) is 10.2. The Labute approximate surface area is 131 Å². The molecule has 0 spiro atoms. The van der Waals surface area contributed by atoms with Crippen LogP contribution in [0.2, 0.25) is 0 Å². The van der Waals surface area contributed by atoms with E-state index in [0.29, 0.717) is 24.8 Å². The Kier molecular flexibility index (Phi) is 4.89. The van der Waals surface area contributed by atoms with E-state index in [4.69, 9.17) is 4.52 Å². The molecule has 0 saturated carbocycles. The van der Waals surface area contributed by atoms with E-state index in [1.807, 2.05) is 13.8 Å². The van der Waals surface area contributed by atoms with Crippen molar-refractivity contribution in [1.82, 2.24) is 15.0 Å². The second-order valence-electron chi connectivity index (χ2n) is 6.24. The molecular formula is C14H23N3O4S. The molecule has 2 heterocycles. The van der Waals surface area contributed by atoms with Crippen molar-refractivity contribution in [3.05, 3.63) is 11.7 Å². The molecule has 2 atom stereocenters. The largest absolute Gasteiger partial charge is 0.341 e. The first kappa shape index (κ1) is 16.9. The monoisotopic (exact) mass is 329 g/mol. The van der Waals surface area contributed by atoms with Crippen LogP contribution in [0.4, 0.5) is 0 Å². The predicted octanol–water partition coefficient (Wildman–Crippen LogP) is 1.33. The maximum absolute atomic E-state index is 12.3. The molecule has 0 bridgehead atoms. The SMILES string of the molecule is CC(C)c1nc(C2CCCN(C(=O)C(C)S(C)(=O)=O)C2)no1. The number of likely N-dealkylation sites (tertiary alicyclic amines) is 1. The molecular weight excluding hydrogens is 306 g/mol. The van der Waals surface area contributed by atoms with Gasteiger partial charge in [0.1, 0.15) is 5.25 Å². The average molecular weight is 329 g/mol. The molecule has 1 saturated heterocycles. The zero-order chi connectivity index (χ0) is 16.5. The van der Waals surface area contributed by atoms with E-state index >= 15 is 0 Å². The molecule has 8 heteroatoms. The highest BCUT2D eigenvalue weighted by Gasteiger charge is 2.33. The van der Waals surface area contributed by atoms with Crippen LogP contribution < -0.4 is 0 Å². The fourth-order valence-electron chi connectivity index (χ4n) is 2.48. The number of rotatable bonds is 4.